The molecule has 0 unspecified atom stereocenters. The van der Waals surface area contributed by atoms with Crippen LogP contribution in [0.25, 0.3) is 0 Å². The summed E-state index contributed by atoms with van der Waals surface area (Å²) < 4.78 is 73.0. The highest BCUT2D eigenvalue weighted by Crippen LogP contribution is 2.43. The van der Waals surface area contributed by atoms with Crippen molar-refractivity contribution in [2.45, 2.75) is 76.4 Å². The number of nitriles is 1. The Bertz CT molecular complexity index is 1350. The minimum Gasteiger partial charge on any atom is -0.473 e. The van der Waals surface area contributed by atoms with Crippen molar-refractivity contribution in [3.63, 3.8) is 0 Å². The third-order valence-corrected chi connectivity index (χ3v) is 7.73. The van der Waals surface area contributed by atoms with Gasteiger partial charge >= 0.3 is 12.1 Å². The van der Waals surface area contributed by atoms with E-state index in [9.17, 15) is 46.4 Å². The van der Waals surface area contributed by atoms with Gasteiger partial charge in [0.1, 0.15) is 29.6 Å². The molecule has 1 saturated carbocycles. The molecule has 15 heteroatoms. The number of likely N-dealkylation sites (N-methyl/N-ethyl adjacent to an activating group) is 1. The van der Waals surface area contributed by atoms with Gasteiger partial charge in [0, 0.05) is 25.6 Å². The van der Waals surface area contributed by atoms with Crippen LogP contribution in [0.2, 0.25) is 0 Å². The largest absolute Gasteiger partial charge is 0.473 e. The van der Waals surface area contributed by atoms with Gasteiger partial charge in [-0.3, -0.25) is 19.2 Å². The number of alkyl halides is 3. The highest BCUT2D eigenvalue weighted by atomic mass is 19.4. The number of ether oxygens (including phenoxy) is 1. The van der Waals surface area contributed by atoms with Crippen molar-refractivity contribution in [3.05, 3.63) is 23.8 Å². The summed E-state index contributed by atoms with van der Waals surface area (Å²) in [4.78, 5) is 54.4. The van der Waals surface area contributed by atoms with E-state index in [0.29, 0.717) is 6.07 Å². The maximum Gasteiger partial charge on any atom is 0.471 e. The average Bonchev–Trinajstić information content (AvgIpc) is 3.63. The lowest BCUT2D eigenvalue weighted by Gasteiger charge is -2.38. The van der Waals surface area contributed by atoms with Crippen LogP contribution < -0.4 is 15.4 Å². The molecule has 2 N–H and O–H groups in total. The molecule has 1 aliphatic carbocycles. The first kappa shape index (κ1) is 31.0. The molecule has 2 heterocycles. The Balaban J connectivity index is 1.62. The molecule has 3 aliphatic rings. The molecule has 0 radical (unpaired) electrons. The summed E-state index contributed by atoms with van der Waals surface area (Å²) in [5, 5.41) is 13.9. The van der Waals surface area contributed by atoms with Gasteiger partial charge in [-0.15, -0.1) is 0 Å². The van der Waals surface area contributed by atoms with Crippen LogP contribution in [-0.2, 0) is 19.2 Å². The molecule has 0 aromatic heterocycles. The van der Waals surface area contributed by atoms with Crippen molar-refractivity contribution in [3.8, 4) is 11.8 Å². The van der Waals surface area contributed by atoms with Gasteiger partial charge in [0.25, 0.3) is 5.91 Å². The zero-order valence-electron chi connectivity index (χ0n) is 23.3. The monoisotopic (exact) mass is 599 g/mol. The maximum absolute atomic E-state index is 14.2. The summed E-state index contributed by atoms with van der Waals surface area (Å²) in [6.45, 7) is 3.87. The number of rotatable bonds is 6. The summed E-state index contributed by atoms with van der Waals surface area (Å²) in [5.41, 5.74) is -3.44. The highest BCUT2D eigenvalue weighted by Gasteiger charge is 2.57. The number of carbonyl (C=O) groups is 4. The number of hydrogen-bond acceptors (Lipinski definition) is 6. The third kappa shape index (κ3) is 5.98. The summed E-state index contributed by atoms with van der Waals surface area (Å²) >= 11 is 0. The van der Waals surface area contributed by atoms with E-state index >= 15 is 0 Å². The lowest BCUT2D eigenvalue weighted by atomic mass is 9.85. The average molecular weight is 600 g/mol. The lowest BCUT2D eigenvalue weighted by molar-refractivity contribution is -0.176. The Labute approximate surface area is 238 Å². The van der Waals surface area contributed by atoms with E-state index in [-0.39, 0.29) is 24.5 Å². The van der Waals surface area contributed by atoms with Crippen molar-refractivity contribution in [1.29, 1.82) is 5.26 Å². The van der Waals surface area contributed by atoms with Crippen LogP contribution in [-0.4, -0.2) is 76.9 Å². The van der Waals surface area contributed by atoms with Gasteiger partial charge < -0.3 is 25.2 Å². The fourth-order valence-electron chi connectivity index (χ4n) is 5.20. The molecule has 4 atom stereocenters. The third-order valence-electron chi connectivity index (χ3n) is 7.73. The van der Waals surface area contributed by atoms with Crippen molar-refractivity contribution in [1.82, 2.24) is 15.1 Å². The number of amides is 4. The fraction of sp³-hybridized carbons (Fsp3) is 0.593. The number of benzene rings is 1. The van der Waals surface area contributed by atoms with Crippen molar-refractivity contribution >= 4 is 29.3 Å². The SMILES string of the molecule is CN(C(=O)[C@@H](NC(=O)C(F)(F)F)C(C)(C)C)[C@@H](CC1CC1)C(=O)N1C[C@@]2(C[C@H]1C#N)Oc1cc(F)cc(F)c1NC2=O. The van der Waals surface area contributed by atoms with Gasteiger partial charge in [-0.05, 0) is 17.8 Å². The molecule has 4 amide bonds. The zero-order chi connectivity index (χ0) is 31.4. The van der Waals surface area contributed by atoms with Gasteiger partial charge in [-0.2, -0.15) is 18.4 Å². The molecule has 2 fully saturated rings. The van der Waals surface area contributed by atoms with Crippen LogP contribution in [0.15, 0.2) is 12.1 Å². The topological polar surface area (TPSA) is 132 Å². The second-order valence-corrected chi connectivity index (χ2v) is 12.0. The van der Waals surface area contributed by atoms with Gasteiger partial charge in [0.05, 0.1) is 12.6 Å². The second-order valence-electron chi connectivity index (χ2n) is 12.0. The molecule has 2 aliphatic heterocycles. The quantitative estimate of drug-likeness (QED) is 0.484. The molecule has 4 rings (SSSR count). The van der Waals surface area contributed by atoms with Crippen LogP contribution in [0, 0.1) is 34.3 Å². The molecule has 0 bridgehead atoms. The van der Waals surface area contributed by atoms with Crippen LogP contribution in [0.4, 0.5) is 27.6 Å². The molecule has 228 valence electrons. The van der Waals surface area contributed by atoms with Crippen LogP contribution in [0.3, 0.4) is 0 Å². The highest BCUT2D eigenvalue weighted by molar-refractivity contribution is 6.02. The Hall–Kier alpha value is -3.96. The van der Waals surface area contributed by atoms with E-state index in [0.717, 1.165) is 28.7 Å². The first-order chi connectivity index (χ1) is 19.4. The smallest absolute Gasteiger partial charge is 0.471 e. The zero-order valence-corrected chi connectivity index (χ0v) is 23.3. The summed E-state index contributed by atoms with van der Waals surface area (Å²) in [6.07, 6.45) is -3.99. The molecular formula is C27H30F5N5O5. The molecule has 1 aromatic carbocycles. The molecule has 1 saturated heterocycles. The molecule has 42 heavy (non-hydrogen) atoms. The minimum atomic E-state index is -5.25. The Morgan fingerprint density at radius 1 is 1.24 bits per heavy atom. The van der Waals surface area contributed by atoms with Gasteiger partial charge in [0.2, 0.25) is 17.4 Å². The van der Waals surface area contributed by atoms with Crippen molar-refractivity contribution in [2.24, 2.45) is 11.3 Å². The number of anilines is 1. The van der Waals surface area contributed by atoms with Crippen molar-refractivity contribution in [2.75, 3.05) is 18.9 Å². The first-order valence-corrected chi connectivity index (χ1v) is 13.2. The Morgan fingerprint density at radius 3 is 2.43 bits per heavy atom. The number of halogens is 5. The lowest BCUT2D eigenvalue weighted by Crippen LogP contribution is -2.60. The Morgan fingerprint density at radius 2 is 1.88 bits per heavy atom. The van der Waals surface area contributed by atoms with Gasteiger partial charge in [0.15, 0.2) is 11.6 Å². The fourth-order valence-corrected chi connectivity index (χ4v) is 5.20. The standard InChI is InChI=1S/C27H30F5N5O5/c1-25(2,3)20(35-24(41)27(30,31)32)22(39)36(4)17(7-13-5-6-13)21(38)37-12-26(10-15(37)11-33)23(40)34-19-16(29)8-14(28)9-18(19)42-26/h8-9,13,15,17,20H,5-7,10,12H2,1-4H3,(H,34,40)(H,35,41)/t15-,17-,20+,26+/m0/s1. The predicted octanol–water partition coefficient (Wildman–Crippen LogP) is 2.88. The summed E-state index contributed by atoms with van der Waals surface area (Å²) in [5.74, 6) is -7.24. The minimum absolute atomic E-state index is 0.0243. The number of hydrogen-bond donors (Lipinski definition) is 2. The maximum atomic E-state index is 14.2. The van der Waals surface area contributed by atoms with Gasteiger partial charge in [-0.25, -0.2) is 8.78 Å². The molecule has 10 nitrogen and oxygen atoms in total. The summed E-state index contributed by atoms with van der Waals surface area (Å²) in [6, 6.07) is -0.808. The van der Waals surface area contributed by atoms with Crippen LogP contribution in [0.5, 0.6) is 5.75 Å². The van der Waals surface area contributed by atoms with Crippen LogP contribution in [0.1, 0.15) is 46.5 Å². The normalized spacial score (nSPS) is 23.3. The Kier molecular flexibility index (Phi) is 7.90. The number of likely N-dealkylation sites (tertiary alicyclic amines) is 1. The second kappa shape index (κ2) is 10.7. The van der Waals surface area contributed by atoms with E-state index in [1.807, 2.05) is 6.07 Å². The molecular weight excluding hydrogens is 569 g/mol. The predicted molar refractivity (Wildman–Crippen MR) is 135 cm³/mol. The van der Waals surface area contributed by atoms with Gasteiger partial charge in [-0.1, -0.05) is 33.6 Å². The number of nitrogens with one attached hydrogen (secondary N) is 2. The molecule has 1 aromatic rings. The van der Waals surface area contributed by atoms with Crippen LogP contribution >= 0.6 is 0 Å². The van der Waals surface area contributed by atoms with E-state index in [1.54, 1.807) is 5.32 Å². The number of carbonyl (C=O) groups excluding carboxylic acids is 4. The molecule has 1 spiro atoms. The van der Waals surface area contributed by atoms with E-state index in [2.05, 4.69) is 5.32 Å². The number of nitrogens with zero attached hydrogens (tertiary/aromatic N) is 3. The summed E-state index contributed by atoms with van der Waals surface area (Å²) in [7, 11) is 1.23. The van der Waals surface area contributed by atoms with E-state index in [4.69, 9.17) is 4.74 Å². The number of fused-ring (bicyclic) bond motifs is 1. The van der Waals surface area contributed by atoms with E-state index in [1.165, 1.54) is 27.8 Å². The first-order valence-electron chi connectivity index (χ1n) is 13.2. The van der Waals surface area contributed by atoms with Crippen molar-refractivity contribution < 1.29 is 45.9 Å². The van der Waals surface area contributed by atoms with E-state index < -0.39 is 82.8 Å².